The number of carbonyl (C=O) groups is 1. The standard InChI is InChI=1S/C10H20N2O/c1-8-2-3-9(6-8)7-12-5-4-10(11)13/h8-9,12H,2-7H2,1H3,(H2,11,13). The van der Waals surface area contributed by atoms with Crippen LogP contribution >= 0.6 is 0 Å². The zero-order valence-electron chi connectivity index (χ0n) is 8.38. The van der Waals surface area contributed by atoms with Gasteiger partial charge in [-0.05, 0) is 31.2 Å². The molecule has 2 unspecified atom stereocenters. The Morgan fingerprint density at radius 3 is 2.85 bits per heavy atom. The van der Waals surface area contributed by atoms with Gasteiger partial charge in [-0.1, -0.05) is 13.3 Å². The minimum Gasteiger partial charge on any atom is -0.370 e. The lowest BCUT2D eigenvalue weighted by Gasteiger charge is -2.09. The van der Waals surface area contributed by atoms with Gasteiger partial charge in [-0.3, -0.25) is 4.79 Å². The number of hydrogen-bond acceptors (Lipinski definition) is 2. The van der Waals surface area contributed by atoms with Gasteiger partial charge >= 0.3 is 0 Å². The van der Waals surface area contributed by atoms with Crippen LogP contribution in [0.25, 0.3) is 0 Å². The van der Waals surface area contributed by atoms with Crippen LogP contribution in [-0.4, -0.2) is 19.0 Å². The van der Waals surface area contributed by atoms with Gasteiger partial charge in [0, 0.05) is 13.0 Å². The number of carbonyl (C=O) groups excluding carboxylic acids is 1. The SMILES string of the molecule is CC1CCC(CNCCC(N)=O)C1. The molecule has 76 valence electrons. The molecule has 0 heterocycles. The van der Waals surface area contributed by atoms with E-state index in [1.165, 1.54) is 19.3 Å². The van der Waals surface area contributed by atoms with Gasteiger partial charge in [-0.15, -0.1) is 0 Å². The van der Waals surface area contributed by atoms with Gasteiger partial charge in [0.25, 0.3) is 0 Å². The van der Waals surface area contributed by atoms with Crippen LogP contribution in [-0.2, 0) is 4.79 Å². The van der Waals surface area contributed by atoms with E-state index in [1.807, 2.05) is 0 Å². The van der Waals surface area contributed by atoms with Gasteiger partial charge in [0.2, 0.25) is 5.91 Å². The van der Waals surface area contributed by atoms with Crippen LogP contribution in [0.3, 0.4) is 0 Å². The smallest absolute Gasteiger partial charge is 0.218 e. The predicted molar refractivity (Wildman–Crippen MR) is 53.2 cm³/mol. The number of amides is 1. The molecule has 1 fully saturated rings. The van der Waals surface area contributed by atoms with E-state index in [9.17, 15) is 4.79 Å². The second kappa shape index (κ2) is 5.22. The highest BCUT2D eigenvalue weighted by Gasteiger charge is 2.20. The molecule has 0 saturated heterocycles. The topological polar surface area (TPSA) is 55.1 Å². The van der Waals surface area contributed by atoms with Crippen molar-refractivity contribution in [1.82, 2.24) is 5.32 Å². The first-order chi connectivity index (χ1) is 6.18. The Morgan fingerprint density at radius 1 is 1.54 bits per heavy atom. The van der Waals surface area contributed by atoms with Gasteiger partial charge < -0.3 is 11.1 Å². The normalized spacial score (nSPS) is 27.8. The van der Waals surface area contributed by atoms with Crippen molar-refractivity contribution in [3.63, 3.8) is 0 Å². The molecule has 1 saturated carbocycles. The van der Waals surface area contributed by atoms with Crippen molar-refractivity contribution in [2.24, 2.45) is 17.6 Å². The molecule has 1 rings (SSSR count). The predicted octanol–water partition coefficient (Wildman–Crippen LogP) is 0.888. The first kappa shape index (κ1) is 10.5. The summed E-state index contributed by atoms with van der Waals surface area (Å²) in [7, 11) is 0. The van der Waals surface area contributed by atoms with Crippen LogP contribution in [0, 0.1) is 11.8 Å². The van der Waals surface area contributed by atoms with Crippen molar-refractivity contribution in [2.45, 2.75) is 32.6 Å². The summed E-state index contributed by atoms with van der Waals surface area (Å²) in [4.78, 5) is 10.4. The molecule has 0 aromatic carbocycles. The van der Waals surface area contributed by atoms with E-state index in [-0.39, 0.29) is 5.91 Å². The molecular formula is C10H20N2O. The van der Waals surface area contributed by atoms with E-state index < -0.39 is 0 Å². The number of primary amides is 1. The molecule has 0 aliphatic heterocycles. The van der Waals surface area contributed by atoms with Crippen LogP contribution in [0.4, 0.5) is 0 Å². The van der Waals surface area contributed by atoms with E-state index in [4.69, 9.17) is 5.73 Å². The summed E-state index contributed by atoms with van der Waals surface area (Å²) < 4.78 is 0. The average molecular weight is 184 g/mol. The molecule has 0 bridgehead atoms. The van der Waals surface area contributed by atoms with Crippen LogP contribution in [0.2, 0.25) is 0 Å². The fourth-order valence-corrected chi connectivity index (χ4v) is 2.03. The lowest BCUT2D eigenvalue weighted by Crippen LogP contribution is -2.26. The maximum Gasteiger partial charge on any atom is 0.218 e. The Hall–Kier alpha value is -0.570. The van der Waals surface area contributed by atoms with Crippen molar-refractivity contribution in [3.8, 4) is 0 Å². The molecule has 1 amide bonds. The van der Waals surface area contributed by atoms with Crippen molar-refractivity contribution in [2.75, 3.05) is 13.1 Å². The monoisotopic (exact) mass is 184 g/mol. The van der Waals surface area contributed by atoms with Gasteiger partial charge in [-0.25, -0.2) is 0 Å². The first-order valence-electron chi connectivity index (χ1n) is 5.17. The third-order valence-electron chi connectivity index (χ3n) is 2.78. The highest BCUT2D eigenvalue weighted by molar-refractivity contribution is 5.73. The molecule has 3 N–H and O–H groups in total. The summed E-state index contributed by atoms with van der Waals surface area (Å²) >= 11 is 0. The number of nitrogens with one attached hydrogen (secondary N) is 1. The summed E-state index contributed by atoms with van der Waals surface area (Å²) in [5, 5.41) is 3.28. The van der Waals surface area contributed by atoms with E-state index in [0.29, 0.717) is 6.42 Å². The summed E-state index contributed by atoms with van der Waals surface area (Å²) in [6.07, 6.45) is 4.50. The molecule has 13 heavy (non-hydrogen) atoms. The molecule has 0 aromatic heterocycles. The lowest BCUT2D eigenvalue weighted by molar-refractivity contribution is -0.117. The highest BCUT2D eigenvalue weighted by atomic mass is 16.1. The maximum atomic E-state index is 10.4. The zero-order chi connectivity index (χ0) is 9.68. The Labute approximate surface area is 80.1 Å². The number of nitrogens with two attached hydrogens (primary N) is 1. The third-order valence-corrected chi connectivity index (χ3v) is 2.78. The van der Waals surface area contributed by atoms with Crippen molar-refractivity contribution >= 4 is 5.91 Å². The van der Waals surface area contributed by atoms with Crippen LogP contribution < -0.4 is 11.1 Å². The van der Waals surface area contributed by atoms with E-state index in [1.54, 1.807) is 0 Å². The quantitative estimate of drug-likeness (QED) is 0.623. The number of hydrogen-bond donors (Lipinski definition) is 2. The van der Waals surface area contributed by atoms with Gasteiger partial charge in [-0.2, -0.15) is 0 Å². The summed E-state index contributed by atoms with van der Waals surface area (Å²) in [5.74, 6) is 1.50. The fourth-order valence-electron chi connectivity index (χ4n) is 2.03. The average Bonchev–Trinajstić information content (AvgIpc) is 2.45. The van der Waals surface area contributed by atoms with E-state index >= 15 is 0 Å². The second-order valence-electron chi connectivity index (χ2n) is 4.20. The number of rotatable bonds is 5. The molecule has 3 heteroatoms. The first-order valence-corrected chi connectivity index (χ1v) is 5.17. The molecule has 2 atom stereocenters. The largest absolute Gasteiger partial charge is 0.370 e. The molecule has 0 aromatic rings. The Kier molecular flexibility index (Phi) is 4.22. The zero-order valence-corrected chi connectivity index (χ0v) is 8.38. The highest BCUT2D eigenvalue weighted by Crippen LogP contribution is 2.29. The summed E-state index contributed by atoms with van der Waals surface area (Å²) in [6.45, 7) is 4.10. The molecule has 0 spiro atoms. The third kappa shape index (κ3) is 4.27. The fraction of sp³-hybridized carbons (Fsp3) is 0.900. The van der Waals surface area contributed by atoms with Crippen molar-refractivity contribution in [1.29, 1.82) is 0 Å². The maximum absolute atomic E-state index is 10.4. The Morgan fingerprint density at radius 2 is 2.31 bits per heavy atom. The molecular weight excluding hydrogens is 164 g/mol. The van der Waals surface area contributed by atoms with Crippen LogP contribution in [0.1, 0.15) is 32.6 Å². The van der Waals surface area contributed by atoms with Gasteiger partial charge in [0.1, 0.15) is 0 Å². The van der Waals surface area contributed by atoms with Crippen molar-refractivity contribution < 1.29 is 4.79 Å². The van der Waals surface area contributed by atoms with Gasteiger partial charge in [0.05, 0.1) is 0 Å². The van der Waals surface area contributed by atoms with Crippen molar-refractivity contribution in [3.05, 3.63) is 0 Å². The summed E-state index contributed by atoms with van der Waals surface area (Å²) in [5.41, 5.74) is 5.03. The van der Waals surface area contributed by atoms with Gasteiger partial charge in [0.15, 0.2) is 0 Å². The molecule has 0 radical (unpaired) electrons. The molecule has 1 aliphatic carbocycles. The Bertz CT molecular complexity index is 170. The molecule has 1 aliphatic rings. The van der Waals surface area contributed by atoms with Crippen LogP contribution in [0.5, 0.6) is 0 Å². The minimum atomic E-state index is -0.215. The molecule has 3 nitrogen and oxygen atoms in total. The van der Waals surface area contributed by atoms with E-state index in [2.05, 4.69) is 12.2 Å². The van der Waals surface area contributed by atoms with Crippen LogP contribution in [0.15, 0.2) is 0 Å². The van der Waals surface area contributed by atoms with E-state index in [0.717, 1.165) is 24.9 Å². The lowest BCUT2D eigenvalue weighted by atomic mass is 10.1. The summed E-state index contributed by atoms with van der Waals surface area (Å²) in [6, 6.07) is 0. The minimum absolute atomic E-state index is 0.215. The second-order valence-corrected chi connectivity index (χ2v) is 4.20. The Balaban J connectivity index is 1.97.